The summed E-state index contributed by atoms with van der Waals surface area (Å²) in [6.45, 7) is 4.13. The quantitative estimate of drug-likeness (QED) is 0.897. The highest BCUT2D eigenvalue weighted by atomic mass is 35.5. The maximum Gasteiger partial charge on any atom is 0.246 e. The molecular weight excluding hydrogens is 278 g/mol. The molecule has 0 radical (unpaired) electrons. The third-order valence-corrected chi connectivity index (χ3v) is 3.43. The van der Waals surface area contributed by atoms with Gasteiger partial charge in [-0.15, -0.1) is 5.10 Å². The zero-order chi connectivity index (χ0) is 14.7. The Bertz CT molecular complexity index is 638. The maximum absolute atomic E-state index is 12.0. The lowest BCUT2D eigenvalue weighted by molar-refractivity contribution is -0.117. The maximum atomic E-state index is 12.0. The predicted octanol–water partition coefficient (Wildman–Crippen LogP) is 1.65. The Morgan fingerprint density at radius 2 is 2.20 bits per heavy atom. The van der Waals surface area contributed by atoms with Crippen LogP contribution >= 0.6 is 11.6 Å². The van der Waals surface area contributed by atoms with Gasteiger partial charge in [-0.1, -0.05) is 22.9 Å². The van der Waals surface area contributed by atoms with Crippen LogP contribution in [-0.4, -0.2) is 20.9 Å². The highest BCUT2D eigenvalue weighted by Crippen LogP contribution is 2.19. The van der Waals surface area contributed by atoms with E-state index in [1.54, 1.807) is 12.1 Å². The highest BCUT2D eigenvalue weighted by molar-refractivity contribution is 6.31. The fourth-order valence-corrected chi connectivity index (χ4v) is 1.92. The number of halogens is 1. The highest BCUT2D eigenvalue weighted by Gasteiger charge is 2.11. The van der Waals surface area contributed by atoms with Crippen molar-refractivity contribution in [2.75, 3.05) is 5.32 Å². The molecule has 1 heterocycles. The second-order valence-corrected chi connectivity index (χ2v) is 4.90. The van der Waals surface area contributed by atoms with Crippen molar-refractivity contribution >= 4 is 23.2 Å². The zero-order valence-electron chi connectivity index (χ0n) is 11.4. The third kappa shape index (κ3) is 3.15. The number of aryl methyl sites for hydroxylation is 1. The number of hydrogen-bond acceptors (Lipinski definition) is 4. The molecule has 1 aromatic heterocycles. The number of benzene rings is 1. The molecule has 0 saturated carbocycles. The number of aromatic nitrogens is 3. The van der Waals surface area contributed by atoms with Gasteiger partial charge in [0.05, 0.1) is 11.4 Å². The molecule has 0 aliphatic heterocycles. The number of anilines is 1. The summed E-state index contributed by atoms with van der Waals surface area (Å²) in [7, 11) is 0. The monoisotopic (exact) mass is 293 g/mol. The summed E-state index contributed by atoms with van der Waals surface area (Å²) in [6, 6.07) is 5.37. The van der Waals surface area contributed by atoms with Crippen LogP contribution in [0.5, 0.6) is 0 Å². The van der Waals surface area contributed by atoms with Crippen molar-refractivity contribution in [3.63, 3.8) is 0 Å². The molecule has 0 aliphatic rings. The van der Waals surface area contributed by atoms with Crippen LogP contribution < -0.4 is 11.1 Å². The van der Waals surface area contributed by atoms with Crippen LogP contribution in [0, 0.1) is 13.8 Å². The van der Waals surface area contributed by atoms with E-state index in [0.29, 0.717) is 22.9 Å². The summed E-state index contributed by atoms with van der Waals surface area (Å²) in [6.07, 6.45) is 0. The number of carbonyl (C=O) groups excluding carboxylic acids is 1. The Morgan fingerprint density at radius 3 is 2.80 bits per heavy atom. The number of nitrogens with two attached hydrogens (primary N) is 1. The molecule has 0 unspecified atom stereocenters. The van der Waals surface area contributed by atoms with Crippen LogP contribution in [-0.2, 0) is 17.9 Å². The lowest BCUT2D eigenvalue weighted by Gasteiger charge is -2.07. The second kappa shape index (κ2) is 6.02. The Kier molecular flexibility index (Phi) is 4.36. The molecule has 2 rings (SSSR count). The molecule has 0 atom stereocenters. The summed E-state index contributed by atoms with van der Waals surface area (Å²) < 4.78 is 1.52. The molecule has 3 N–H and O–H groups in total. The van der Waals surface area contributed by atoms with Crippen LogP contribution in [0.2, 0.25) is 5.02 Å². The first kappa shape index (κ1) is 14.5. The van der Waals surface area contributed by atoms with Gasteiger partial charge < -0.3 is 11.1 Å². The first-order chi connectivity index (χ1) is 9.51. The molecule has 0 saturated heterocycles. The van der Waals surface area contributed by atoms with E-state index in [2.05, 4.69) is 15.6 Å². The minimum absolute atomic E-state index is 0.0876. The summed E-state index contributed by atoms with van der Waals surface area (Å²) in [5.41, 5.74) is 8.62. The van der Waals surface area contributed by atoms with Gasteiger partial charge in [0.15, 0.2) is 0 Å². The smallest absolute Gasteiger partial charge is 0.246 e. The molecule has 2 aromatic rings. The van der Waals surface area contributed by atoms with E-state index in [1.807, 2.05) is 19.9 Å². The summed E-state index contributed by atoms with van der Waals surface area (Å²) >= 11 is 6.01. The SMILES string of the molecule is Cc1ccc(NC(=O)Cn2nnc(CN)c2C)cc1Cl. The lowest BCUT2D eigenvalue weighted by Crippen LogP contribution is -2.20. The fourth-order valence-electron chi connectivity index (χ4n) is 1.74. The molecule has 7 heteroatoms. The molecule has 1 aromatic carbocycles. The van der Waals surface area contributed by atoms with Gasteiger partial charge in [-0.25, -0.2) is 4.68 Å². The van der Waals surface area contributed by atoms with Crippen LogP contribution in [0.3, 0.4) is 0 Å². The molecule has 6 nitrogen and oxygen atoms in total. The molecule has 0 fully saturated rings. The number of amides is 1. The fraction of sp³-hybridized carbons (Fsp3) is 0.308. The normalized spacial score (nSPS) is 10.6. The standard InChI is InChI=1S/C13H16ClN5O/c1-8-3-4-10(5-11(8)14)16-13(20)7-19-9(2)12(6-15)17-18-19/h3-5H,6-7,15H2,1-2H3,(H,16,20). The summed E-state index contributed by atoms with van der Waals surface area (Å²) in [4.78, 5) is 12.0. The number of hydrogen-bond donors (Lipinski definition) is 2. The molecular formula is C13H16ClN5O. The van der Waals surface area contributed by atoms with Crippen molar-refractivity contribution in [3.05, 3.63) is 40.2 Å². The van der Waals surface area contributed by atoms with E-state index in [0.717, 1.165) is 11.3 Å². The van der Waals surface area contributed by atoms with E-state index in [9.17, 15) is 4.79 Å². The van der Waals surface area contributed by atoms with Gasteiger partial charge >= 0.3 is 0 Å². The van der Waals surface area contributed by atoms with E-state index in [-0.39, 0.29) is 12.5 Å². The second-order valence-electron chi connectivity index (χ2n) is 4.50. The molecule has 0 aliphatic carbocycles. The molecule has 0 bridgehead atoms. The zero-order valence-corrected chi connectivity index (χ0v) is 12.1. The van der Waals surface area contributed by atoms with Gasteiger partial charge in [-0.05, 0) is 31.5 Å². The van der Waals surface area contributed by atoms with E-state index >= 15 is 0 Å². The van der Waals surface area contributed by atoms with Crippen molar-refractivity contribution in [2.45, 2.75) is 26.9 Å². The average molecular weight is 294 g/mol. The summed E-state index contributed by atoms with van der Waals surface area (Å²) in [5, 5.41) is 11.2. The van der Waals surface area contributed by atoms with Gasteiger partial charge in [0, 0.05) is 17.3 Å². The summed E-state index contributed by atoms with van der Waals surface area (Å²) in [5.74, 6) is -0.193. The Morgan fingerprint density at radius 1 is 1.45 bits per heavy atom. The van der Waals surface area contributed by atoms with Gasteiger partial charge in [0.1, 0.15) is 6.54 Å². The van der Waals surface area contributed by atoms with Crippen LogP contribution in [0.4, 0.5) is 5.69 Å². The van der Waals surface area contributed by atoms with Crippen molar-refractivity contribution in [2.24, 2.45) is 5.73 Å². The number of nitrogens with zero attached hydrogens (tertiary/aromatic N) is 3. The van der Waals surface area contributed by atoms with E-state index < -0.39 is 0 Å². The number of rotatable bonds is 4. The number of nitrogens with one attached hydrogen (secondary N) is 1. The van der Waals surface area contributed by atoms with Gasteiger partial charge in [0.2, 0.25) is 5.91 Å². The average Bonchev–Trinajstić information content (AvgIpc) is 2.75. The van der Waals surface area contributed by atoms with E-state index in [4.69, 9.17) is 17.3 Å². The largest absolute Gasteiger partial charge is 0.325 e. The van der Waals surface area contributed by atoms with Crippen LogP contribution in [0.1, 0.15) is 17.0 Å². The minimum atomic E-state index is -0.193. The first-order valence-corrected chi connectivity index (χ1v) is 6.54. The third-order valence-electron chi connectivity index (χ3n) is 3.02. The molecule has 1 amide bonds. The Hall–Kier alpha value is -1.92. The minimum Gasteiger partial charge on any atom is -0.325 e. The molecule has 106 valence electrons. The molecule has 0 spiro atoms. The van der Waals surface area contributed by atoms with Crippen molar-refractivity contribution in [1.82, 2.24) is 15.0 Å². The first-order valence-electron chi connectivity index (χ1n) is 6.16. The lowest BCUT2D eigenvalue weighted by atomic mass is 10.2. The van der Waals surface area contributed by atoms with Gasteiger partial charge in [-0.3, -0.25) is 4.79 Å². The van der Waals surface area contributed by atoms with Crippen LogP contribution in [0.15, 0.2) is 18.2 Å². The molecule has 20 heavy (non-hydrogen) atoms. The van der Waals surface area contributed by atoms with Gasteiger partial charge in [0.25, 0.3) is 0 Å². The van der Waals surface area contributed by atoms with E-state index in [1.165, 1.54) is 4.68 Å². The van der Waals surface area contributed by atoms with Crippen LogP contribution in [0.25, 0.3) is 0 Å². The number of carbonyl (C=O) groups is 1. The Balaban J connectivity index is 2.05. The van der Waals surface area contributed by atoms with Gasteiger partial charge in [-0.2, -0.15) is 0 Å². The Labute approximate surface area is 121 Å². The predicted molar refractivity (Wildman–Crippen MR) is 77.5 cm³/mol. The van der Waals surface area contributed by atoms with Crippen molar-refractivity contribution in [1.29, 1.82) is 0 Å². The topological polar surface area (TPSA) is 85.8 Å². The van der Waals surface area contributed by atoms with Crippen molar-refractivity contribution < 1.29 is 4.79 Å². The van der Waals surface area contributed by atoms with Crippen molar-refractivity contribution in [3.8, 4) is 0 Å².